The first-order chi connectivity index (χ1) is 14.9. The van der Waals surface area contributed by atoms with Crippen LogP contribution in [0.1, 0.15) is 36.8 Å². The van der Waals surface area contributed by atoms with E-state index in [-0.39, 0.29) is 18.7 Å². The molecule has 31 heavy (non-hydrogen) atoms. The second-order valence-corrected chi connectivity index (χ2v) is 8.14. The molecule has 1 aliphatic rings. The Hall–Kier alpha value is -2.94. The van der Waals surface area contributed by atoms with Gasteiger partial charge in [0.15, 0.2) is 11.5 Å². The summed E-state index contributed by atoms with van der Waals surface area (Å²) in [7, 11) is 4.47. The SMILES string of the molecule is CCOC(=O)N1c2cc(OC)c(OC)cc2C(N(Cc2cccs2)C(=O)OC)CC1C. The van der Waals surface area contributed by atoms with E-state index in [1.165, 1.54) is 7.11 Å². The molecule has 0 N–H and O–H groups in total. The van der Waals surface area contributed by atoms with Gasteiger partial charge in [0, 0.05) is 22.5 Å². The molecule has 2 atom stereocenters. The zero-order valence-corrected chi connectivity index (χ0v) is 19.2. The highest BCUT2D eigenvalue weighted by atomic mass is 32.1. The number of carbonyl (C=O) groups is 2. The molecule has 0 bridgehead atoms. The Morgan fingerprint density at radius 2 is 1.90 bits per heavy atom. The summed E-state index contributed by atoms with van der Waals surface area (Å²) in [5.74, 6) is 1.01. The van der Waals surface area contributed by atoms with E-state index in [0.717, 1.165) is 10.4 Å². The number of rotatable bonds is 6. The number of hydrogen-bond donors (Lipinski definition) is 0. The van der Waals surface area contributed by atoms with Gasteiger partial charge < -0.3 is 18.9 Å². The summed E-state index contributed by atoms with van der Waals surface area (Å²) in [6.45, 7) is 4.37. The summed E-state index contributed by atoms with van der Waals surface area (Å²) in [4.78, 5) is 29.9. The van der Waals surface area contributed by atoms with Crippen molar-refractivity contribution in [2.24, 2.45) is 0 Å². The van der Waals surface area contributed by atoms with E-state index in [9.17, 15) is 9.59 Å². The normalized spacial score (nSPS) is 17.5. The molecule has 2 amide bonds. The van der Waals surface area contributed by atoms with Crippen LogP contribution in [-0.2, 0) is 16.0 Å². The Kier molecular flexibility index (Phi) is 7.27. The van der Waals surface area contributed by atoms with Crippen molar-refractivity contribution in [3.05, 3.63) is 40.1 Å². The van der Waals surface area contributed by atoms with Gasteiger partial charge in [0.1, 0.15) is 0 Å². The average molecular weight is 449 g/mol. The number of fused-ring (bicyclic) bond motifs is 1. The number of anilines is 1. The molecule has 2 unspecified atom stereocenters. The van der Waals surface area contributed by atoms with Crippen molar-refractivity contribution in [3.8, 4) is 11.5 Å². The number of benzene rings is 1. The molecule has 0 radical (unpaired) electrons. The lowest BCUT2D eigenvalue weighted by Gasteiger charge is -2.42. The minimum atomic E-state index is -0.440. The lowest BCUT2D eigenvalue weighted by molar-refractivity contribution is 0.0946. The number of hydrogen-bond acceptors (Lipinski definition) is 7. The molecule has 3 rings (SSSR count). The Bertz CT molecular complexity index is 917. The molecular formula is C22H28N2O6S. The van der Waals surface area contributed by atoms with E-state index >= 15 is 0 Å². The second kappa shape index (κ2) is 9.91. The van der Waals surface area contributed by atoms with Crippen molar-refractivity contribution in [1.29, 1.82) is 0 Å². The van der Waals surface area contributed by atoms with Crippen LogP contribution in [0.25, 0.3) is 0 Å². The van der Waals surface area contributed by atoms with Gasteiger partial charge in [-0.3, -0.25) is 9.80 Å². The number of ether oxygens (including phenoxy) is 4. The van der Waals surface area contributed by atoms with Crippen LogP contribution < -0.4 is 14.4 Å². The van der Waals surface area contributed by atoms with E-state index in [0.29, 0.717) is 30.2 Å². The van der Waals surface area contributed by atoms with E-state index in [4.69, 9.17) is 18.9 Å². The number of thiophene rings is 1. The summed E-state index contributed by atoms with van der Waals surface area (Å²) in [5.41, 5.74) is 1.39. The van der Waals surface area contributed by atoms with Crippen LogP contribution in [0.5, 0.6) is 11.5 Å². The van der Waals surface area contributed by atoms with Crippen molar-refractivity contribution in [2.45, 2.75) is 38.9 Å². The third-order valence-corrected chi connectivity index (χ3v) is 6.17. The summed E-state index contributed by atoms with van der Waals surface area (Å²) in [6, 6.07) is 6.96. The van der Waals surface area contributed by atoms with Crippen molar-refractivity contribution in [3.63, 3.8) is 0 Å². The Morgan fingerprint density at radius 1 is 1.19 bits per heavy atom. The van der Waals surface area contributed by atoms with Crippen LogP contribution in [-0.4, -0.2) is 51.1 Å². The van der Waals surface area contributed by atoms with Crippen molar-refractivity contribution in [2.75, 3.05) is 32.8 Å². The van der Waals surface area contributed by atoms with Gasteiger partial charge in [0.2, 0.25) is 0 Å². The fourth-order valence-electron chi connectivity index (χ4n) is 3.91. The highest BCUT2D eigenvalue weighted by molar-refractivity contribution is 7.09. The minimum absolute atomic E-state index is 0.217. The van der Waals surface area contributed by atoms with Crippen LogP contribution in [0, 0.1) is 0 Å². The molecule has 0 saturated heterocycles. The maximum absolute atomic E-state index is 12.8. The number of amides is 2. The summed E-state index contributed by atoms with van der Waals surface area (Å²) in [6.07, 6.45) is -0.359. The lowest BCUT2D eigenvalue weighted by atomic mass is 9.90. The Labute approximate surface area is 186 Å². The van der Waals surface area contributed by atoms with Gasteiger partial charge >= 0.3 is 12.2 Å². The fraction of sp³-hybridized carbons (Fsp3) is 0.455. The number of carbonyl (C=O) groups excluding carboxylic acids is 2. The molecule has 9 heteroatoms. The third kappa shape index (κ3) is 4.56. The maximum atomic E-state index is 12.8. The van der Waals surface area contributed by atoms with Crippen LogP contribution in [0.15, 0.2) is 29.6 Å². The molecule has 2 aromatic rings. The zero-order chi connectivity index (χ0) is 22.5. The number of nitrogens with zero attached hydrogens (tertiary/aromatic N) is 2. The van der Waals surface area contributed by atoms with E-state index < -0.39 is 12.2 Å². The van der Waals surface area contributed by atoms with E-state index in [1.54, 1.807) is 48.3 Å². The predicted molar refractivity (Wildman–Crippen MR) is 118 cm³/mol. The number of methoxy groups -OCH3 is 3. The highest BCUT2D eigenvalue weighted by Crippen LogP contribution is 2.46. The van der Waals surface area contributed by atoms with E-state index in [2.05, 4.69) is 0 Å². The fourth-order valence-corrected chi connectivity index (χ4v) is 4.61. The quantitative estimate of drug-likeness (QED) is 0.630. The van der Waals surface area contributed by atoms with Crippen LogP contribution >= 0.6 is 11.3 Å². The Balaban J connectivity index is 2.13. The third-order valence-electron chi connectivity index (χ3n) is 5.31. The highest BCUT2D eigenvalue weighted by Gasteiger charge is 2.40. The van der Waals surface area contributed by atoms with Gasteiger partial charge in [-0.2, -0.15) is 0 Å². The molecule has 0 aliphatic carbocycles. The molecule has 0 fully saturated rings. The molecule has 0 spiro atoms. The minimum Gasteiger partial charge on any atom is -0.493 e. The van der Waals surface area contributed by atoms with Gasteiger partial charge in [-0.15, -0.1) is 11.3 Å². The summed E-state index contributed by atoms with van der Waals surface area (Å²) in [5, 5.41) is 1.97. The van der Waals surface area contributed by atoms with Crippen LogP contribution in [0.4, 0.5) is 15.3 Å². The molecule has 168 valence electrons. The predicted octanol–water partition coefficient (Wildman–Crippen LogP) is 4.83. The molecular weight excluding hydrogens is 420 g/mol. The molecule has 1 aliphatic heterocycles. The molecule has 0 saturated carbocycles. The van der Waals surface area contributed by atoms with Gasteiger partial charge in [0.05, 0.1) is 46.2 Å². The second-order valence-electron chi connectivity index (χ2n) is 7.11. The molecule has 1 aromatic heterocycles. The van der Waals surface area contributed by atoms with Crippen LogP contribution in [0.2, 0.25) is 0 Å². The van der Waals surface area contributed by atoms with Gasteiger partial charge in [-0.05, 0) is 37.8 Å². The first kappa shape index (κ1) is 22.7. The van der Waals surface area contributed by atoms with Gasteiger partial charge in [0.25, 0.3) is 0 Å². The van der Waals surface area contributed by atoms with Gasteiger partial charge in [-0.25, -0.2) is 9.59 Å². The first-order valence-electron chi connectivity index (χ1n) is 10.0. The Morgan fingerprint density at radius 3 is 2.48 bits per heavy atom. The smallest absolute Gasteiger partial charge is 0.414 e. The van der Waals surface area contributed by atoms with Gasteiger partial charge in [-0.1, -0.05) is 6.07 Å². The average Bonchev–Trinajstić information content (AvgIpc) is 3.29. The first-order valence-corrected chi connectivity index (χ1v) is 10.9. The summed E-state index contributed by atoms with van der Waals surface area (Å²) < 4.78 is 21.4. The molecule has 8 nitrogen and oxygen atoms in total. The van der Waals surface area contributed by atoms with Crippen LogP contribution in [0.3, 0.4) is 0 Å². The van der Waals surface area contributed by atoms with E-state index in [1.807, 2.05) is 30.5 Å². The molecule has 1 aromatic carbocycles. The standard InChI is InChI=1S/C22H28N2O6S/c1-6-30-22(26)24-14(2)10-17(16-11-19(27-3)20(28-4)12-18(16)24)23(21(25)29-5)13-15-8-7-9-31-15/h7-9,11-12,14,17H,6,10,13H2,1-5H3. The monoisotopic (exact) mass is 448 g/mol. The van der Waals surface area contributed by atoms with Crippen molar-refractivity contribution >= 4 is 29.2 Å². The topological polar surface area (TPSA) is 77.5 Å². The maximum Gasteiger partial charge on any atom is 0.414 e. The van der Waals surface area contributed by atoms with Crippen molar-refractivity contribution < 1.29 is 28.5 Å². The zero-order valence-electron chi connectivity index (χ0n) is 18.4. The van der Waals surface area contributed by atoms with Crippen molar-refractivity contribution in [1.82, 2.24) is 4.90 Å². The molecule has 2 heterocycles. The summed E-state index contributed by atoms with van der Waals surface area (Å²) >= 11 is 1.57. The largest absolute Gasteiger partial charge is 0.493 e. The lowest BCUT2D eigenvalue weighted by Crippen LogP contribution is -2.47.